The standard InChI is InChI=1S/C49H33N3O/c1-3-14-32(15-4-1)33-16-7-8-17-34(26-25-33)44-31-45(52-49(51-44)35-18-5-2-6-19-35)43-30-37(29-42-39-22-11-12-24-46(39)53-48(42)43)41-28-36-20-13-27-50-47(36)40-23-10-9-21-38(40)41/h1-7,9-16,18-31H,8,17H2/b16-7?,33-25+,34-26+. The molecule has 4 nitrogen and oxygen atoms in total. The highest BCUT2D eigenvalue weighted by molar-refractivity contribution is 6.15. The molecule has 0 radical (unpaired) electrons. The van der Waals surface area contributed by atoms with Gasteiger partial charge in [-0.1, -0.05) is 133 Å². The number of pyridine rings is 1. The van der Waals surface area contributed by atoms with E-state index in [0.29, 0.717) is 5.82 Å². The van der Waals surface area contributed by atoms with Gasteiger partial charge in [-0.15, -0.1) is 0 Å². The molecule has 9 aromatic rings. The zero-order valence-electron chi connectivity index (χ0n) is 28.9. The molecule has 0 amide bonds. The van der Waals surface area contributed by atoms with Crippen LogP contribution in [0.15, 0.2) is 181 Å². The molecule has 0 unspecified atom stereocenters. The monoisotopic (exact) mass is 679 g/mol. The Labute approximate surface area is 307 Å². The van der Waals surface area contributed by atoms with Crippen LogP contribution in [-0.2, 0) is 0 Å². The quantitative estimate of drug-likeness (QED) is 0.170. The van der Waals surface area contributed by atoms with Gasteiger partial charge in [-0.25, -0.2) is 9.97 Å². The van der Waals surface area contributed by atoms with Crippen LogP contribution in [0.3, 0.4) is 0 Å². The minimum absolute atomic E-state index is 0.681. The fraction of sp³-hybridized carbons (Fsp3) is 0.0408. The van der Waals surface area contributed by atoms with Gasteiger partial charge in [0.2, 0.25) is 0 Å². The van der Waals surface area contributed by atoms with Crippen molar-refractivity contribution >= 4 is 54.8 Å². The predicted octanol–water partition coefficient (Wildman–Crippen LogP) is 12.9. The SMILES string of the molecule is C1=C/C(c2ccccc2)=C\C=C(\c2cc(-c3cc(-c4cc5cccnc5c5ccccc45)cc4c3oc3ccccc34)nc(-c3ccccc3)n2)CC1. The third-order valence-electron chi connectivity index (χ3n) is 10.2. The van der Waals surface area contributed by atoms with Gasteiger partial charge in [-0.2, -0.15) is 0 Å². The maximum atomic E-state index is 6.71. The summed E-state index contributed by atoms with van der Waals surface area (Å²) in [6.45, 7) is 0. The summed E-state index contributed by atoms with van der Waals surface area (Å²) < 4.78 is 6.71. The Kier molecular flexibility index (Phi) is 7.58. The fourth-order valence-electron chi connectivity index (χ4n) is 7.61. The second kappa shape index (κ2) is 13.0. The van der Waals surface area contributed by atoms with E-state index in [9.17, 15) is 0 Å². The van der Waals surface area contributed by atoms with E-state index in [4.69, 9.17) is 19.4 Å². The summed E-state index contributed by atoms with van der Waals surface area (Å²) in [5.74, 6) is 0.681. The predicted molar refractivity (Wildman–Crippen MR) is 219 cm³/mol. The Hall–Kier alpha value is -6.91. The molecule has 3 aromatic heterocycles. The molecule has 1 aliphatic carbocycles. The number of fused-ring (bicyclic) bond motifs is 6. The Morgan fingerprint density at radius 3 is 2.11 bits per heavy atom. The van der Waals surface area contributed by atoms with Crippen LogP contribution in [0.5, 0.6) is 0 Å². The summed E-state index contributed by atoms with van der Waals surface area (Å²) in [7, 11) is 0. The first-order valence-electron chi connectivity index (χ1n) is 18.1. The molecule has 6 aromatic carbocycles. The smallest absolute Gasteiger partial charge is 0.160 e. The fourth-order valence-corrected chi connectivity index (χ4v) is 7.61. The van der Waals surface area contributed by atoms with Gasteiger partial charge in [0.15, 0.2) is 5.82 Å². The largest absolute Gasteiger partial charge is 0.455 e. The van der Waals surface area contributed by atoms with Crippen LogP contribution >= 0.6 is 0 Å². The Balaban J connectivity index is 1.24. The lowest BCUT2D eigenvalue weighted by Gasteiger charge is -2.15. The van der Waals surface area contributed by atoms with Gasteiger partial charge in [0.1, 0.15) is 11.2 Å². The first-order chi connectivity index (χ1) is 26.3. The zero-order valence-corrected chi connectivity index (χ0v) is 28.9. The van der Waals surface area contributed by atoms with E-state index in [1.807, 2.05) is 42.6 Å². The van der Waals surface area contributed by atoms with Crippen molar-refractivity contribution in [3.05, 3.63) is 187 Å². The number of furan rings is 1. The average Bonchev–Trinajstić information content (AvgIpc) is 3.59. The highest BCUT2D eigenvalue weighted by atomic mass is 16.3. The van der Waals surface area contributed by atoms with Crippen molar-refractivity contribution in [2.24, 2.45) is 0 Å². The highest BCUT2D eigenvalue weighted by Crippen LogP contribution is 2.42. The lowest BCUT2D eigenvalue weighted by atomic mass is 9.92. The van der Waals surface area contributed by atoms with E-state index in [-0.39, 0.29) is 0 Å². The first kappa shape index (κ1) is 30.9. The van der Waals surface area contributed by atoms with E-state index < -0.39 is 0 Å². The van der Waals surface area contributed by atoms with Crippen molar-refractivity contribution in [2.75, 3.05) is 0 Å². The number of rotatable bonds is 5. The van der Waals surface area contributed by atoms with Crippen LogP contribution < -0.4 is 0 Å². The highest BCUT2D eigenvalue weighted by Gasteiger charge is 2.20. The Morgan fingerprint density at radius 2 is 1.26 bits per heavy atom. The van der Waals surface area contributed by atoms with Crippen molar-refractivity contribution in [3.8, 4) is 33.8 Å². The van der Waals surface area contributed by atoms with Gasteiger partial charge in [0.25, 0.3) is 0 Å². The van der Waals surface area contributed by atoms with E-state index in [1.54, 1.807) is 0 Å². The van der Waals surface area contributed by atoms with Gasteiger partial charge >= 0.3 is 0 Å². The topological polar surface area (TPSA) is 51.8 Å². The van der Waals surface area contributed by atoms with E-state index >= 15 is 0 Å². The molecule has 0 bridgehead atoms. The molecule has 0 saturated carbocycles. The van der Waals surface area contributed by atoms with Crippen molar-refractivity contribution < 1.29 is 4.42 Å². The summed E-state index contributed by atoms with van der Waals surface area (Å²) in [5, 5.41) is 5.50. The third-order valence-corrected chi connectivity index (χ3v) is 10.2. The minimum atomic E-state index is 0.681. The molecule has 53 heavy (non-hydrogen) atoms. The molecular weight excluding hydrogens is 647 g/mol. The van der Waals surface area contributed by atoms with Crippen LogP contribution in [0.2, 0.25) is 0 Å². The second-order valence-electron chi connectivity index (χ2n) is 13.5. The Morgan fingerprint density at radius 1 is 0.528 bits per heavy atom. The summed E-state index contributed by atoms with van der Waals surface area (Å²) in [5.41, 5.74) is 12.0. The number of hydrogen-bond donors (Lipinski definition) is 0. The number of hydrogen-bond acceptors (Lipinski definition) is 4. The molecule has 0 spiro atoms. The molecule has 250 valence electrons. The number of benzene rings is 6. The van der Waals surface area contributed by atoms with Gasteiger partial charge in [0, 0.05) is 38.9 Å². The van der Waals surface area contributed by atoms with Crippen molar-refractivity contribution in [3.63, 3.8) is 0 Å². The van der Waals surface area contributed by atoms with E-state index in [0.717, 1.165) is 95.7 Å². The molecule has 1 aliphatic rings. The number of para-hydroxylation sites is 1. The van der Waals surface area contributed by atoms with Gasteiger partial charge < -0.3 is 4.42 Å². The van der Waals surface area contributed by atoms with Crippen LogP contribution in [0.4, 0.5) is 0 Å². The summed E-state index contributed by atoms with van der Waals surface area (Å²) in [4.78, 5) is 15.3. The van der Waals surface area contributed by atoms with Crippen molar-refractivity contribution in [1.29, 1.82) is 0 Å². The minimum Gasteiger partial charge on any atom is -0.455 e. The average molecular weight is 680 g/mol. The zero-order chi connectivity index (χ0) is 35.1. The molecule has 10 rings (SSSR count). The van der Waals surface area contributed by atoms with Crippen LogP contribution in [-0.4, -0.2) is 15.0 Å². The molecule has 0 saturated heterocycles. The van der Waals surface area contributed by atoms with Crippen molar-refractivity contribution in [2.45, 2.75) is 12.8 Å². The summed E-state index contributed by atoms with van der Waals surface area (Å²) in [6, 6.07) is 50.7. The Bertz CT molecular complexity index is 2940. The third kappa shape index (κ3) is 5.62. The molecule has 4 heteroatoms. The van der Waals surface area contributed by atoms with Gasteiger partial charge in [0.05, 0.1) is 16.9 Å². The summed E-state index contributed by atoms with van der Waals surface area (Å²) >= 11 is 0. The van der Waals surface area contributed by atoms with E-state index in [1.165, 1.54) is 11.1 Å². The molecule has 0 atom stereocenters. The number of allylic oxidation sites excluding steroid dienone is 6. The van der Waals surface area contributed by atoms with Gasteiger partial charge in [-0.05, 0) is 82.5 Å². The van der Waals surface area contributed by atoms with E-state index in [2.05, 4.69) is 133 Å². The lowest BCUT2D eigenvalue weighted by molar-refractivity contribution is 0.670. The first-order valence-corrected chi connectivity index (χ1v) is 18.1. The lowest BCUT2D eigenvalue weighted by Crippen LogP contribution is -1.99. The van der Waals surface area contributed by atoms with Crippen LogP contribution in [0, 0.1) is 0 Å². The van der Waals surface area contributed by atoms with Crippen molar-refractivity contribution in [1.82, 2.24) is 15.0 Å². The maximum absolute atomic E-state index is 6.71. The number of aromatic nitrogens is 3. The van der Waals surface area contributed by atoms with Crippen LogP contribution in [0.1, 0.15) is 24.1 Å². The molecular formula is C49H33N3O. The summed E-state index contributed by atoms with van der Waals surface area (Å²) in [6.07, 6.45) is 12.6. The maximum Gasteiger partial charge on any atom is 0.160 e. The molecule has 0 fully saturated rings. The number of nitrogens with zero attached hydrogens (tertiary/aromatic N) is 3. The normalized spacial score (nSPS) is 15.2. The van der Waals surface area contributed by atoms with Crippen LogP contribution in [0.25, 0.3) is 88.5 Å². The molecule has 3 heterocycles. The second-order valence-corrected chi connectivity index (χ2v) is 13.5. The molecule has 0 N–H and O–H groups in total. The molecule has 0 aliphatic heterocycles. The van der Waals surface area contributed by atoms with Gasteiger partial charge in [-0.3, -0.25) is 4.98 Å².